The number of carboxylic acid groups (broad SMARTS) is 1. The predicted molar refractivity (Wildman–Crippen MR) is 101 cm³/mol. The van der Waals surface area contributed by atoms with E-state index in [1.54, 1.807) is 32.7 Å². The Morgan fingerprint density at radius 3 is 2.31 bits per heavy atom. The molecule has 1 atom stereocenters. The molecular weight excluding hydrogens is 350 g/mol. The molecule has 6 heteroatoms. The van der Waals surface area contributed by atoms with Gasteiger partial charge in [-0.2, -0.15) is 0 Å². The fraction of sp³-hybridized carbons (Fsp3) is 0.350. The molecule has 26 heavy (non-hydrogen) atoms. The minimum absolute atomic E-state index is 0.164. The third kappa shape index (κ3) is 4.14. The topological polar surface area (TPSA) is 59.0 Å². The van der Waals surface area contributed by atoms with Gasteiger partial charge in [-0.05, 0) is 62.2 Å². The first-order valence-corrected chi connectivity index (χ1v) is 9.28. The average molecular weight is 373 g/mol. The molecule has 1 saturated heterocycles. The van der Waals surface area contributed by atoms with Crippen molar-refractivity contribution >= 4 is 17.9 Å². The van der Waals surface area contributed by atoms with Crippen LogP contribution in [0, 0.1) is 0 Å². The summed E-state index contributed by atoms with van der Waals surface area (Å²) in [4.78, 5) is 15.2. The zero-order valence-electron chi connectivity index (χ0n) is 15.1. The van der Waals surface area contributed by atoms with Crippen molar-refractivity contribution in [3.05, 3.63) is 54.1 Å². The van der Waals surface area contributed by atoms with Gasteiger partial charge < -0.3 is 14.6 Å². The maximum atomic E-state index is 11.6. The van der Waals surface area contributed by atoms with Crippen LogP contribution in [0.25, 0.3) is 0 Å². The van der Waals surface area contributed by atoms with Crippen molar-refractivity contribution in [2.45, 2.75) is 41.8 Å². The Balaban J connectivity index is 1.65. The standard InChI is InChI=1S/C20H23NO4S/c1-20(2)21(19(22)23)15(13-25-20)12-14-4-8-17(9-5-14)26-18-10-6-16(24-3)7-11-18/h4-11,15H,12-13H2,1-3H3,(H,22,23)/t15-/m0/s1. The Labute approximate surface area is 157 Å². The van der Waals surface area contributed by atoms with Crippen molar-refractivity contribution in [2.75, 3.05) is 13.7 Å². The highest BCUT2D eigenvalue weighted by Gasteiger charge is 2.43. The van der Waals surface area contributed by atoms with Crippen molar-refractivity contribution in [3.8, 4) is 5.75 Å². The molecule has 0 aromatic heterocycles. The highest BCUT2D eigenvalue weighted by Crippen LogP contribution is 2.31. The minimum Gasteiger partial charge on any atom is -0.497 e. The van der Waals surface area contributed by atoms with Crippen LogP contribution in [0.3, 0.4) is 0 Å². The molecule has 3 rings (SSSR count). The van der Waals surface area contributed by atoms with Gasteiger partial charge >= 0.3 is 6.09 Å². The van der Waals surface area contributed by atoms with Gasteiger partial charge in [-0.1, -0.05) is 23.9 Å². The van der Waals surface area contributed by atoms with Gasteiger partial charge in [-0.15, -0.1) is 0 Å². The SMILES string of the molecule is COc1ccc(Sc2ccc(C[C@H]3COC(C)(C)N3C(=O)O)cc2)cc1. The fourth-order valence-corrected chi connectivity index (χ4v) is 3.98. The Kier molecular flexibility index (Phi) is 5.44. The molecular formula is C20H23NO4S. The molecule has 2 aromatic carbocycles. The summed E-state index contributed by atoms with van der Waals surface area (Å²) in [5, 5.41) is 9.48. The second-order valence-electron chi connectivity index (χ2n) is 6.69. The molecule has 0 aliphatic carbocycles. The van der Waals surface area contributed by atoms with Crippen molar-refractivity contribution in [3.63, 3.8) is 0 Å². The van der Waals surface area contributed by atoms with E-state index in [2.05, 4.69) is 24.3 Å². The monoisotopic (exact) mass is 373 g/mol. The maximum absolute atomic E-state index is 11.6. The van der Waals surface area contributed by atoms with Crippen molar-refractivity contribution < 1.29 is 19.4 Å². The maximum Gasteiger partial charge on any atom is 0.409 e. The van der Waals surface area contributed by atoms with Gasteiger partial charge in [0.2, 0.25) is 0 Å². The number of carbonyl (C=O) groups is 1. The van der Waals surface area contributed by atoms with Crippen LogP contribution in [-0.2, 0) is 11.2 Å². The lowest BCUT2D eigenvalue weighted by atomic mass is 10.1. The quantitative estimate of drug-likeness (QED) is 0.836. The van der Waals surface area contributed by atoms with E-state index in [0.29, 0.717) is 13.0 Å². The lowest BCUT2D eigenvalue weighted by molar-refractivity contribution is -0.0419. The Bertz CT molecular complexity index is 758. The van der Waals surface area contributed by atoms with Crippen LogP contribution >= 0.6 is 11.8 Å². The van der Waals surface area contributed by atoms with E-state index in [1.807, 2.05) is 24.3 Å². The number of ether oxygens (including phenoxy) is 2. The summed E-state index contributed by atoms with van der Waals surface area (Å²) >= 11 is 1.68. The van der Waals surface area contributed by atoms with Crippen molar-refractivity contribution in [2.24, 2.45) is 0 Å². The summed E-state index contributed by atoms with van der Waals surface area (Å²) in [6.45, 7) is 3.99. The number of methoxy groups -OCH3 is 1. The number of hydrogen-bond acceptors (Lipinski definition) is 4. The second-order valence-corrected chi connectivity index (χ2v) is 7.84. The lowest BCUT2D eigenvalue weighted by Crippen LogP contribution is -2.47. The number of benzene rings is 2. The van der Waals surface area contributed by atoms with E-state index in [1.165, 1.54) is 4.90 Å². The third-order valence-electron chi connectivity index (χ3n) is 4.47. The smallest absolute Gasteiger partial charge is 0.409 e. The van der Waals surface area contributed by atoms with Gasteiger partial charge in [0.15, 0.2) is 0 Å². The lowest BCUT2D eigenvalue weighted by Gasteiger charge is -2.31. The van der Waals surface area contributed by atoms with E-state index >= 15 is 0 Å². The molecule has 2 aromatic rings. The van der Waals surface area contributed by atoms with Crippen molar-refractivity contribution in [1.82, 2.24) is 4.90 Å². The Morgan fingerprint density at radius 2 is 1.77 bits per heavy atom. The molecule has 5 nitrogen and oxygen atoms in total. The van der Waals surface area contributed by atoms with E-state index in [-0.39, 0.29) is 6.04 Å². The van der Waals surface area contributed by atoms with Gasteiger partial charge in [0.1, 0.15) is 11.5 Å². The molecule has 138 valence electrons. The summed E-state index contributed by atoms with van der Waals surface area (Å²) in [5.41, 5.74) is 0.322. The van der Waals surface area contributed by atoms with Gasteiger partial charge in [0.25, 0.3) is 0 Å². The van der Waals surface area contributed by atoms with Crippen LogP contribution < -0.4 is 4.74 Å². The van der Waals surface area contributed by atoms with Crippen molar-refractivity contribution in [1.29, 1.82) is 0 Å². The summed E-state index contributed by atoms with van der Waals surface area (Å²) in [5.74, 6) is 0.842. The summed E-state index contributed by atoms with van der Waals surface area (Å²) in [7, 11) is 1.66. The normalized spacial score (nSPS) is 18.7. The molecule has 0 saturated carbocycles. The van der Waals surface area contributed by atoms with E-state index in [9.17, 15) is 9.90 Å². The molecule has 0 bridgehead atoms. The first kappa shape index (κ1) is 18.6. The van der Waals surface area contributed by atoms with Gasteiger partial charge in [0.05, 0.1) is 19.8 Å². The number of nitrogens with zero attached hydrogens (tertiary/aromatic N) is 1. The zero-order chi connectivity index (χ0) is 18.7. The highest BCUT2D eigenvalue weighted by atomic mass is 32.2. The van der Waals surface area contributed by atoms with Crippen LogP contribution in [0.2, 0.25) is 0 Å². The largest absolute Gasteiger partial charge is 0.497 e. The summed E-state index contributed by atoms with van der Waals surface area (Å²) in [6.07, 6.45) is -0.298. The first-order valence-electron chi connectivity index (χ1n) is 8.46. The molecule has 1 heterocycles. The molecule has 1 aliphatic heterocycles. The molecule has 0 radical (unpaired) electrons. The first-order chi connectivity index (χ1) is 12.4. The zero-order valence-corrected chi connectivity index (χ0v) is 16.0. The van der Waals surface area contributed by atoms with Crippen LogP contribution in [0.1, 0.15) is 19.4 Å². The Hall–Kier alpha value is -2.18. The molecule has 1 N–H and O–H groups in total. The van der Waals surface area contributed by atoms with Crippen LogP contribution in [0.4, 0.5) is 4.79 Å². The van der Waals surface area contributed by atoms with E-state index in [4.69, 9.17) is 9.47 Å². The number of hydrogen-bond donors (Lipinski definition) is 1. The highest BCUT2D eigenvalue weighted by molar-refractivity contribution is 7.99. The van der Waals surface area contributed by atoms with Crippen LogP contribution in [0.15, 0.2) is 58.3 Å². The molecule has 0 spiro atoms. The van der Waals surface area contributed by atoms with Crippen LogP contribution in [-0.4, -0.2) is 41.6 Å². The van der Waals surface area contributed by atoms with Gasteiger partial charge in [-0.3, -0.25) is 4.90 Å². The molecule has 1 aliphatic rings. The Morgan fingerprint density at radius 1 is 1.19 bits per heavy atom. The minimum atomic E-state index is -0.941. The summed E-state index contributed by atoms with van der Waals surface area (Å²) < 4.78 is 10.8. The fourth-order valence-electron chi connectivity index (χ4n) is 3.17. The van der Waals surface area contributed by atoms with E-state index in [0.717, 1.165) is 21.1 Å². The molecule has 1 amide bonds. The van der Waals surface area contributed by atoms with Crippen LogP contribution in [0.5, 0.6) is 5.75 Å². The van der Waals surface area contributed by atoms with Gasteiger partial charge in [-0.25, -0.2) is 4.79 Å². The number of amides is 1. The molecule has 0 unspecified atom stereocenters. The third-order valence-corrected chi connectivity index (χ3v) is 5.49. The predicted octanol–water partition coefficient (Wildman–Crippen LogP) is 4.50. The average Bonchev–Trinajstić information content (AvgIpc) is 2.91. The summed E-state index contributed by atoms with van der Waals surface area (Å²) in [6, 6.07) is 16.0. The molecule has 1 fully saturated rings. The van der Waals surface area contributed by atoms with E-state index < -0.39 is 11.8 Å². The second kappa shape index (κ2) is 7.60. The number of rotatable bonds is 5. The van der Waals surface area contributed by atoms with Gasteiger partial charge in [0, 0.05) is 9.79 Å².